The average molecular weight is 220 g/mol. The molecule has 2 nitrogen and oxygen atoms in total. The van der Waals surface area contributed by atoms with E-state index in [0.29, 0.717) is 11.8 Å². The van der Waals surface area contributed by atoms with E-state index in [1.807, 2.05) is 0 Å². The van der Waals surface area contributed by atoms with Crippen molar-refractivity contribution in [3.8, 4) is 0 Å². The molecule has 2 rings (SSSR count). The topological polar surface area (TPSA) is 25.8 Å². The lowest BCUT2D eigenvalue weighted by atomic mass is 10.0. The minimum absolute atomic E-state index is 0.441. The van der Waals surface area contributed by atoms with Crippen molar-refractivity contribution in [3.63, 3.8) is 0 Å². The van der Waals surface area contributed by atoms with Gasteiger partial charge < -0.3 is 0 Å². The van der Waals surface area contributed by atoms with E-state index >= 15 is 0 Å². The Morgan fingerprint density at radius 3 is 2.20 bits per heavy atom. The van der Waals surface area contributed by atoms with Gasteiger partial charge in [0.15, 0.2) is 0 Å². The second-order valence-corrected chi connectivity index (χ2v) is 5.36. The molecule has 0 unspecified atom stereocenters. The summed E-state index contributed by atoms with van der Waals surface area (Å²) in [5.41, 5.74) is 2.25. The first-order chi connectivity index (χ1) is 7.11. The molecule has 0 fully saturated rings. The molecule has 0 aliphatic heterocycles. The second-order valence-electron chi connectivity index (χ2n) is 4.44. The van der Waals surface area contributed by atoms with Crippen molar-refractivity contribution in [1.29, 1.82) is 0 Å². The molecule has 0 atom stereocenters. The molecule has 2 aromatic heterocycles. The minimum atomic E-state index is 0.441. The number of fused-ring (bicyclic) bond motifs is 1. The summed E-state index contributed by atoms with van der Waals surface area (Å²) in [7, 11) is 0. The van der Waals surface area contributed by atoms with Crippen LogP contribution in [0.3, 0.4) is 0 Å². The maximum atomic E-state index is 4.36. The molecule has 0 aliphatic rings. The van der Waals surface area contributed by atoms with Gasteiger partial charge in [0.25, 0.3) is 0 Å². The zero-order valence-electron chi connectivity index (χ0n) is 9.61. The Labute approximate surface area is 94.4 Å². The quantitative estimate of drug-likeness (QED) is 0.766. The van der Waals surface area contributed by atoms with Crippen LogP contribution in [0.2, 0.25) is 0 Å². The van der Waals surface area contributed by atoms with E-state index in [-0.39, 0.29) is 0 Å². The summed E-state index contributed by atoms with van der Waals surface area (Å²) in [5.74, 6) is 0.885. The zero-order valence-corrected chi connectivity index (χ0v) is 10.4. The van der Waals surface area contributed by atoms with Gasteiger partial charge in [-0.3, -0.25) is 0 Å². The highest BCUT2D eigenvalue weighted by atomic mass is 32.1. The maximum absolute atomic E-state index is 4.36. The Bertz CT molecular complexity index is 429. The van der Waals surface area contributed by atoms with E-state index in [9.17, 15) is 0 Å². The molecule has 2 heterocycles. The summed E-state index contributed by atoms with van der Waals surface area (Å²) in [6, 6.07) is 2.16. The van der Waals surface area contributed by atoms with Gasteiger partial charge in [0.05, 0.1) is 16.1 Å². The fraction of sp³-hybridized carbons (Fsp3) is 0.500. The number of thiophene rings is 1. The molecule has 2 aromatic rings. The molecule has 15 heavy (non-hydrogen) atoms. The molecule has 0 saturated carbocycles. The fourth-order valence-corrected chi connectivity index (χ4v) is 2.76. The smallest absolute Gasteiger partial charge is 0.0834 e. The van der Waals surface area contributed by atoms with Crippen LogP contribution in [-0.2, 0) is 0 Å². The molecule has 0 radical (unpaired) electrons. The summed E-state index contributed by atoms with van der Waals surface area (Å²) in [4.78, 5) is 0. The Morgan fingerprint density at radius 2 is 1.60 bits per heavy atom. The molecule has 3 heteroatoms. The molecule has 80 valence electrons. The van der Waals surface area contributed by atoms with Crippen LogP contribution in [0.4, 0.5) is 0 Å². The molecule has 0 bridgehead atoms. The molecule has 0 saturated heterocycles. The highest BCUT2D eigenvalue weighted by molar-refractivity contribution is 7.17. The van der Waals surface area contributed by atoms with Gasteiger partial charge in [-0.15, -0.1) is 11.3 Å². The number of rotatable bonds is 2. The van der Waals surface area contributed by atoms with Gasteiger partial charge in [-0.1, -0.05) is 27.7 Å². The lowest BCUT2D eigenvalue weighted by Gasteiger charge is -2.09. The first-order valence-electron chi connectivity index (χ1n) is 5.35. The van der Waals surface area contributed by atoms with E-state index in [0.717, 1.165) is 11.4 Å². The van der Waals surface area contributed by atoms with Crippen LogP contribution in [0.1, 0.15) is 50.9 Å². The Balaban J connectivity index is 2.71. The first kappa shape index (κ1) is 10.6. The van der Waals surface area contributed by atoms with Crippen LogP contribution < -0.4 is 0 Å². The third-order valence-corrected chi connectivity index (χ3v) is 3.47. The van der Waals surface area contributed by atoms with Gasteiger partial charge >= 0.3 is 0 Å². The predicted octanol–water partition coefficient (Wildman–Crippen LogP) is 3.94. The van der Waals surface area contributed by atoms with Gasteiger partial charge in [0, 0.05) is 5.39 Å². The number of hydrogen-bond donors (Lipinski definition) is 0. The molecular formula is C12H16N2S. The molecule has 0 aliphatic carbocycles. The fourth-order valence-electron chi connectivity index (χ4n) is 1.72. The first-order valence-corrected chi connectivity index (χ1v) is 6.23. The zero-order chi connectivity index (χ0) is 11.0. The van der Waals surface area contributed by atoms with Gasteiger partial charge in [-0.05, 0) is 23.3 Å². The SMILES string of the molecule is CC(C)c1nnc(C(C)C)c2sccc12. The number of nitrogens with zero attached hydrogens (tertiary/aromatic N) is 2. The largest absolute Gasteiger partial charge is 0.154 e. The normalized spacial score (nSPS) is 11.9. The highest BCUT2D eigenvalue weighted by Gasteiger charge is 2.14. The van der Waals surface area contributed by atoms with Crippen molar-refractivity contribution in [3.05, 3.63) is 22.8 Å². The molecule has 0 N–H and O–H groups in total. The molecular weight excluding hydrogens is 204 g/mol. The minimum Gasteiger partial charge on any atom is -0.154 e. The van der Waals surface area contributed by atoms with E-state index in [4.69, 9.17) is 0 Å². The van der Waals surface area contributed by atoms with Gasteiger partial charge in [0.1, 0.15) is 0 Å². The summed E-state index contributed by atoms with van der Waals surface area (Å²) >= 11 is 1.77. The summed E-state index contributed by atoms with van der Waals surface area (Å²) in [6.07, 6.45) is 0. The molecule has 0 amide bonds. The van der Waals surface area contributed by atoms with E-state index in [1.165, 1.54) is 10.1 Å². The summed E-state index contributed by atoms with van der Waals surface area (Å²) in [6.45, 7) is 8.66. The maximum Gasteiger partial charge on any atom is 0.0834 e. The van der Waals surface area contributed by atoms with Crippen LogP contribution in [0, 0.1) is 0 Å². The van der Waals surface area contributed by atoms with Crippen molar-refractivity contribution in [2.75, 3.05) is 0 Å². The third kappa shape index (κ3) is 1.76. The molecule has 0 aromatic carbocycles. The predicted molar refractivity (Wildman–Crippen MR) is 65.6 cm³/mol. The Kier molecular flexibility index (Phi) is 2.74. The Morgan fingerprint density at radius 1 is 1.00 bits per heavy atom. The van der Waals surface area contributed by atoms with Gasteiger partial charge in [-0.2, -0.15) is 10.2 Å². The lowest BCUT2D eigenvalue weighted by molar-refractivity contribution is 0.752. The standard InChI is InChI=1S/C12H16N2S/c1-7(2)10-9-5-6-15-12(9)11(8(3)4)14-13-10/h5-8H,1-4H3. The second kappa shape index (κ2) is 3.89. The van der Waals surface area contributed by atoms with Crippen LogP contribution in [-0.4, -0.2) is 10.2 Å². The van der Waals surface area contributed by atoms with Crippen LogP contribution in [0.25, 0.3) is 10.1 Å². The van der Waals surface area contributed by atoms with Crippen LogP contribution >= 0.6 is 11.3 Å². The summed E-state index contributed by atoms with van der Waals surface area (Å²) in [5, 5.41) is 12.1. The number of aromatic nitrogens is 2. The van der Waals surface area contributed by atoms with Crippen molar-refractivity contribution in [2.45, 2.75) is 39.5 Å². The van der Waals surface area contributed by atoms with E-state index in [1.54, 1.807) is 11.3 Å². The van der Waals surface area contributed by atoms with Gasteiger partial charge in [-0.25, -0.2) is 0 Å². The highest BCUT2D eigenvalue weighted by Crippen LogP contribution is 2.31. The monoisotopic (exact) mass is 220 g/mol. The van der Waals surface area contributed by atoms with E-state index in [2.05, 4.69) is 49.3 Å². The number of hydrogen-bond acceptors (Lipinski definition) is 3. The Hall–Kier alpha value is -0.960. The summed E-state index contributed by atoms with van der Waals surface area (Å²) < 4.78 is 1.31. The van der Waals surface area contributed by atoms with Crippen LogP contribution in [0.15, 0.2) is 11.4 Å². The lowest BCUT2D eigenvalue weighted by Crippen LogP contribution is -2.01. The van der Waals surface area contributed by atoms with Crippen LogP contribution in [0.5, 0.6) is 0 Å². The van der Waals surface area contributed by atoms with E-state index < -0.39 is 0 Å². The van der Waals surface area contributed by atoms with Crippen molar-refractivity contribution >= 4 is 21.4 Å². The average Bonchev–Trinajstić information content (AvgIpc) is 2.63. The molecule has 0 spiro atoms. The van der Waals surface area contributed by atoms with Crippen molar-refractivity contribution in [2.24, 2.45) is 0 Å². The van der Waals surface area contributed by atoms with Crippen molar-refractivity contribution in [1.82, 2.24) is 10.2 Å². The third-order valence-electron chi connectivity index (χ3n) is 2.53. The van der Waals surface area contributed by atoms with Gasteiger partial charge in [0.2, 0.25) is 0 Å². The van der Waals surface area contributed by atoms with Crippen molar-refractivity contribution < 1.29 is 0 Å².